The van der Waals surface area contributed by atoms with E-state index in [0.29, 0.717) is 54.5 Å². The number of hydrogen-bond donors (Lipinski definition) is 2. The number of aliphatic hydroxyl groups is 2. The summed E-state index contributed by atoms with van der Waals surface area (Å²) in [6, 6.07) is 6.00. The number of halogens is 1. The molecule has 1 aromatic heterocycles. The minimum absolute atomic E-state index is 0.111. The second-order valence-corrected chi connectivity index (χ2v) is 7.27. The number of likely N-dealkylation sites (tertiary alicyclic amines) is 1. The predicted molar refractivity (Wildman–Crippen MR) is 90.6 cm³/mol. The first-order valence-corrected chi connectivity index (χ1v) is 8.63. The van der Waals surface area contributed by atoms with Crippen LogP contribution in [0.25, 0.3) is 10.9 Å². The standard InChI is InChI=1S/C19H21FN2O3/c1-11-8-14(13-3-2-12(20)9-15(13)21-11)18(25)22-6-4-19(5-7-22)16(23)10-17(19)24/h2-3,8-9,16-17,23-24H,4-7,10H2,1H3. The van der Waals surface area contributed by atoms with Crippen molar-refractivity contribution in [2.75, 3.05) is 13.1 Å². The Hall–Kier alpha value is -2.05. The average Bonchev–Trinajstić information content (AvgIpc) is 2.60. The normalized spacial score (nSPS) is 25.2. The Kier molecular flexibility index (Phi) is 3.77. The molecule has 1 saturated carbocycles. The number of aryl methyl sites for hydroxylation is 1. The van der Waals surface area contributed by atoms with Crippen LogP contribution in [0.3, 0.4) is 0 Å². The Morgan fingerprint density at radius 2 is 1.92 bits per heavy atom. The molecule has 132 valence electrons. The molecule has 2 heterocycles. The highest BCUT2D eigenvalue weighted by Crippen LogP contribution is 2.49. The first-order valence-electron chi connectivity index (χ1n) is 8.63. The van der Waals surface area contributed by atoms with Crippen LogP contribution in [0.2, 0.25) is 0 Å². The Labute approximate surface area is 145 Å². The molecule has 4 rings (SSSR count). The molecule has 6 heteroatoms. The van der Waals surface area contributed by atoms with Gasteiger partial charge in [0.2, 0.25) is 0 Å². The van der Waals surface area contributed by atoms with Crippen LogP contribution < -0.4 is 0 Å². The quantitative estimate of drug-likeness (QED) is 0.830. The largest absolute Gasteiger partial charge is 0.392 e. The second kappa shape index (κ2) is 5.75. The lowest BCUT2D eigenvalue weighted by atomic mass is 9.58. The summed E-state index contributed by atoms with van der Waals surface area (Å²) in [6.45, 7) is 2.78. The number of aromatic nitrogens is 1. The molecule has 2 aromatic rings. The summed E-state index contributed by atoms with van der Waals surface area (Å²) >= 11 is 0. The van der Waals surface area contributed by atoms with Gasteiger partial charge in [0.25, 0.3) is 5.91 Å². The van der Waals surface area contributed by atoms with Crippen LogP contribution in [0.4, 0.5) is 4.39 Å². The molecule has 25 heavy (non-hydrogen) atoms. The van der Waals surface area contributed by atoms with E-state index in [9.17, 15) is 19.4 Å². The third-order valence-electron chi connectivity index (χ3n) is 5.89. The van der Waals surface area contributed by atoms with Gasteiger partial charge in [0.05, 0.1) is 23.3 Å². The lowest BCUT2D eigenvalue weighted by molar-refractivity contribution is -0.187. The Morgan fingerprint density at radius 3 is 2.56 bits per heavy atom. The van der Waals surface area contributed by atoms with Crippen LogP contribution >= 0.6 is 0 Å². The van der Waals surface area contributed by atoms with Gasteiger partial charge in [-0.2, -0.15) is 0 Å². The molecular weight excluding hydrogens is 323 g/mol. The predicted octanol–water partition coefficient (Wildman–Crippen LogP) is 2.03. The van der Waals surface area contributed by atoms with Gasteiger partial charge < -0.3 is 15.1 Å². The number of benzene rings is 1. The van der Waals surface area contributed by atoms with Crippen molar-refractivity contribution in [3.63, 3.8) is 0 Å². The van der Waals surface area contributed by atoms with Crippen molar-refractivity contribution in [2.45, 2.75) is 38.4 Å². The van der Waals surface area contributed by atoms with Crippen molar-refractivity contribution < 1.29 is 19.4 Å². The van der Waals surface area contributed by atoms with Gasteiger partial charge in [-0.1, -0.05) is 0 Å². The van der Waals surface area contributed by atoms with E-state index in [1.54, 1.807) is 24.0 Å². The number of fused-ring (bicyclic) bond motifs is 1. The van der Waals surface area contributed by atoms with E-state index < -0.39 is 17.6 Å². The van der Waals surface area contributed by atoms with Gasteiger partial charge in [0.15, 0.2) is 0 Å². The zero-order valence-electron chi connectivity index (χ0n) is 14.1. The summed E-state index contributed by atoms with van der Waals surface area (Å²) in [6.07, 6.45) is 0.654. The maximum atomic E-state index is 13.5. The molecule has 5 nitrogen and oxygen atoms in total. The zero-order chi connectivity index (χ0) is 17.8. The minimum Gasteiger partial charge on any atom is -0.392 e. The summed E-state index contributed by atoms with van der Waals surface area (Å²) < 4.78 is 13.5. The number of amides is 1. The fourth-order valence-corrected chi connectivity index (χ4v) is 4.22. The first-order chi connectivity index (χ1) is 11.9. The molecule has 1 aliphatic carbocycles. The molecular formula is C19H21FN2O3. The van der Waals surface area contributed by atoms with Crippen molar-refractivity contribution in [1.82, 2.24) is 9.88 Å². The van der Waals surface area contributed by atoms with E-state index in [1.807, 2.05) is 0 Å². The number of piperidine rings is 1. The molecule has 0 radical (unpaired) electrons. The van der Waals surface area contributed by atoms with Gasteiger partial charge in [-0.05, 0) is 38.0 Å². The highest BCUT2D eigenvalue weighted by molar-refractivity contribution is 6.06. The SMILES string of the molecule is Cc1cc(C(=O)N2CCC3(CC2)C(O)CC3O)c2ccc(F)cc2n1. The van der Waals surface area contributed by atoms with Crippen LogP contribution in [0.15, 0.2) is 24.3 Å². The molecule has 2 unspecified atom stereocenters. The summed E-state index contributed by atoms with van der Waals surface area (Å²) in [4.78, 5) is 19.1. The number of hydrogen-bond acceptors (Lipinski definition) is 4. The van der Waals surface area contributed by atoms with Crippen LogP contribution in [0, 0.1) is 18.2 Å². The number of pyridine rings is 1. The first kappa shape index (κ1) is 16.4. The fraction of sp³-hybridized carbons (Fsp3) is 0.474. The summed E-state index contributed by atoms with van der Waals surface area (Å²) in [5.41, 5.74) is 1.21. The van der Waals surface area contributed by atoms with Crippen LogP contribution in [-0.2, 0) is 0 Å². The fourth-order valence-electron chi connectivity index (χ4n) is 4.22. The number of carbonyl (C=O) groups is 1. The Bertz CT molecular complexity index is 831. The molecule has 2 N–H and O–H groups in total. The number of aliphatic hydroxyl groups excluding tert-OH is 2. The van der Waals surface area contributed by atoms with Crippen molar-refractivity contribution in [2.24, 2.45) is 5.41 Å². The van der Waals surface area contributed by atoms with E-state index in [-0.39, 0.29) is 11.7 Å². The van der Waals surface area contributed by atoms with Gasteiger partial charge in [-0.15, -0.1) is 0 Å². The summed E-state index contributed by atoms with van der Waals surface area (Å²) in [5, 5.41) is 20.7. The van der Waals surface area contributed by atoms with Gasteiger partial charge in [-0.25, -0.2) is 4.39 Å². The lowest BCUT2D eigenvalue weighted by Gasteiger charge is -2.55. The summed E-state index contributed by atoms with van der Waals surface area (Å²) in [5.74, 6) is -0.489. The monoisotopic (exact) mass is 344 g/mol. The van der Waals surface area contributed by atoms with E-state index in [2.05, 4.69) is 4.98 Å². The van der Waals surface area contributed by atoms with E-state index >= 15 is 0 Å². The maximum Gasteiger partial charge on any atom is 0.254 e. The van der Waals surface area contributed by atoms with Crippen molar-refractivity contribution in [3.05, 3.63) is 41.3 Å². The van der Waals surface area contributed by atoms with E-state index in [1.165, 1.54) is 12.1 Å². The molecule has 1 aliphatic heterocycles. The second-order valence-electron chi connectivity index (χ2n) is 7.27. The number of rotatable bonds is 1. The summed E-state index contributed by atoms with van der Waals surface area (Å²) in [7, 11) is 0. The molecule has 2 aliphatic rings. The third-order valence-corrected chi connectivity index (χ3v) is 5.89. The molecule has 1 spiro atoms. The zero-order valence-corrected chi connectivity index (χ0v) is 14.1. The molecule has 2 fully saturated rings. The van der Waals surface area contributed by atoms with Gasteiger partial charge in [0.1, 0.15) is 5.82 Å². The number of carbonyl (C=O) groups excluding carboxylic acids is 1. The van der Waals surface area contributed by atoms with E-state index in [0.717, 1.165) is 0 Å². The van der Waals surface area contributed by atoms with Crippen molar-refractivity contribution in [3.8, 4) is 0 Å². The minimum atomic E-state index is -0.480. The van der Waals surface area contributed by atoms with Crippen LogP contribution in [-0.4, -0.2) is 51.3 Å². The molecule has 0 bridgehead atoms. The van der Waals surface area contributed by atoms with Gasteiger partial charge in [-0.3, -0.25) is 9.78 Å². The van der Waals surface area contributed by atoms with Gasteiger partial charge in [0, 0.05) is 42.1 Å². The molecule has 1 aromatic carbocycles. The molecule has 1 saturated heterocycles. The van der Waals surface area contributed by atoms with Crippen molar-refractivity contribution in [1.29, 1.82) is 0 Å². The van der Waals surface area contributed by atoms with Crippen molar-refractivity contribution >= 4 is 16.8 Å². The van der Waals surface area contributed by atoms with Gasteiger partial charge >= 0.3 is 0 Å². The Morgan fingerprint density at radius 1 is 1.24 bits per heavy atom. The third kappa shape index (κ3) is 2.51. The molecule has 2 atom stereocenters. The molecule has 1 amide bonds. The highest BCUT2D eigenvalue weighted by Gasteiger charge is 2.55. The van der Waals surface area contributed by atoms with Crippen LogP contribution in [0.1, 0.15) is 35.3 Å². The topological polar surface area (TPSA) is 73.7 Å². The smallest absolute Gasteiger partial charge is 0.254 e. The van der Waals surface area contributed by atoms with E-state index in [4.69, 9.17) is 0 Å². The lowest BCUT2D eigenvalue weighted by Crippen LogP contribution is -2.61. The number of nitrogens with zero attached hydrogens (tertiary/aromatic N) is 2. The average molecular weight is 344 g/mol. The van der Waals surface area contributed by atoms with Crippen LogP contribution in [0.5, 0.6) is 0 Å². The highest BCUT2D eigenvalue weighted by atomic mass is 19.1. The Balaban J connectivity index is 1.61. The maximum absolute atomic E-state index is 13.5.